The van der Waals surface area contributed by atoms with Crippen LogP contribution in [0.25, 0.3) is 22.2 Å². The summed E-state index contributed by atoms with van der Waals surface area (Å²) in [5.74, 6) is 0. The molecule has 32 heavy (non-hydrogen) atoms. The number of aromatic amines is 1. The van der Waals surface area contributed by atoms with Crippen LogP contribution in [0.1, 0.15) is 11.1 Å². The van der Waals surface area contributed by atoms with E-state index in [2.05, 4.69) is 20.6 Å². The number of nitrogens with zero attached hydrogens (tertiary/aromatic N) is 1. The molecule has 0 aliphatic heterocycles. The van der Waals surface area contributed by atoms with E-state index in [0.29, 0.717) is 13.0 Å². The van der Waals surface area contributed by atoms with Gasteiger partial charge in [0, 0.05) is 35.6 Å². The molecule has 0 fully saturated rings. The first-order chi connectivity index (χ1) is 15.3. The highest BCUT2D eigenvalue weighted by Gasteiger charge is 2.33. The highest BCUT2D eigenvalue weighted by atomic mass is 35.5. The second-order valence-corrected chi connectivity index (χ2v) is 7.57. The van der Waals surface area contributed by atoms with Gasteiger partial charge in [0.15, 0.2) is 0 Å². The van der Waals surface area contributed by atoms with Gasteiger partial charge in [-0.1, -0.05) is 35.9 Å². The molecule has 0 saturated heterocycles. The van der Waals surface area contributed by atoms with Gasteiger partial charge >= 0.3 is 12.2 Å². The predicted octanol–water partition coefficient (Wildman–Crippen LogP) is 6.27. The summed E-state index contributed by atoms with van der Waals surface area (Å²) in [5, 5.41) is 5.65. The topological polar surface area (TPSA) is 69.8 Å². The number of fused-ring (bicyclic) bond motifs is 1. The monoisotopic (exact) mass is 458 g/mol. The summed E-state index contributed by atoms with van der Waals surface area (Å²) in [6, 6.07) is 14.5. The molecular weight excluding hydrogens is 441 g/mol. The molecule has 9 heteroatoms. The van der Waals surface area contributed by atoms with Crippen molar-refractivity contribution >= 4 is 34.4 Å². The largest absolute Gasteiger partial charge is 0.417 e. The molecule has 0 bridgehead atoms. The second-order valence-electron chi connectivity index (χ2n) is 7.16. The van der Waals surface area contributed by atoms with Gasteiger partial charge < -0.3 is 15.6 Å². The fourth-order valence-corrected chi connectivity index (χ4v) is 3.54. The Balaban J connectivity index is 1.35. The number of halogens is 4. The van der Waals surface area contributed by atoms with Crippen molar-refractivity contribution < 1.29 is 18.0 Å². The Morgan fingerprint density at radius 1 is 1.06 bits per heavy atom. The quantitative estimate of drug-likeness (QED) is 0.330. The number of carbonyl (C=O) groups excluding carboxylic acids is 1. The fourth-order valence-electron chi connectivity index (χ4n) is 3.32. The number of carbonyl (C=O) groups is 1. The first kappa shape index (κ1) is 21.7. The summed E-state index contributed by atoms with van der Waals surface area (Å²) in [7, 11) is 0. The van der Waals surface area contributed by atoms with Crippen molar-refractivity contribution in [2.45, 2.75) is 12.6 Å². The Kier molecular flexibility index (Phi) is 6.05. The van der Waals surface area contributed by atoms with E-state index in [9.17, 15) is 18.0 Å². The first-order valence-corrected chi connectivity index (χ1v) is 10.1. The number of amides is 2. The molecular formula is C23H18ClF3N4O. The number of aromatic nitrogens is 2. The third-order valence-electron chi connectivity index (χ3n) is 4.89. The Morgan fingerprint density at radius 2 is 1.91 bits per heavy atom. The standard InChI is InChI=1S/C23H18ClF3N4O/c24-20-5-4-18(12-19(20)23(25,26)27)31-22(32)29-8-6-14-2-1-3-15(10-14)17-11-16-7-9-28-21(16)30-13-17/h1-5,7,9-13H,6,8H2,(H,28,30)(H2,29,31,32). The van der Waals surface area contributed by atoms with Crippen LogP contribution < -0.4 is 10.6 Å². The minimum absolute atomic E-state index is 0.00821. The molecule has 164 valence electrons. The Labute approximate surface area is 186 Å². The summed E-state index contributed by atoms with van der Waals surface area (Å²) in [6.07, 6.45) is -0.416. The van der Waals surface area contributed by atoms with Crippen molar-refractivity contribution in [2.24, 2.45) is 0 Å². The maximum atomic E-state index is 13.0. The van der Waals surface area contributed by atoms with Gasteiger partial charge in [0.1, 0.15) is 5.65 Å². The maximum absolute atomic E-state index is 13.0. The van der Waals surface area contributed by atoms with E-state index in [1.165, 1.54) is 6.07 Å². The number of urea groups is 1. The Hall–Kier alpha value is -3.52. The second kappa shape index (κ2) is 8.92. The predicted molar refractivity (Wildman–Crippen MR) is 119 cm³/mol. The van der Waals surface area contributed by atoms with Gasteiger partial charge in [0.05, 0.1) is 10.6 Å². The summed E-state index contributed by atoms with van der Waals surface area (Å²) >= 11 is 5.59. The zero-order chi connectivity index (χ0) is 22.7. The number of hydrogen-bond donors (Lipinski definition) is 3. The molecule has 5 nitrogen and oxygen atoms in total. The number of anilines is 1. The number of nitrogens with one attached hydrogen (secondary N) is 3. The van der Waals surface area contributed by atoms with Crippen LogP contribution in [0.15, 0.2) is 67.0 Å². The highest BCUT2D eigenvalue weighted by Crippen LogP contribution is 2.36. The van der Waals surface area contributed by atoms with Crippen LogP contribution in [-0.4, -0.2) is 22.5 Å². The van der Waals surface area contributed by atoms with Gasteiger partial charge in [-0.2, -0.15) is 13.2 Å². The number of benzene rings is 2. The molecule has 2 heterocycles. The number of H-pyrrole nitrogens is 1. The molecule has 4 aromatic rings. The Bertz CT molecular complexity index is 1270. The molecule has 3 N–H and O–H groups in total. The lowest BCUT2D eigenvalue weighted by Crippen LogP contribution is -2.30. The molecule has 0 atom stereocenters. The fraction of sp³-hybridized carbons (Fsp3) is 0.130. The van der Waals surface area contributed by atoms with Gasteiger partial charge in [-0.3, -0.25) is 0 Å². The van der Waals surface area contributed by atoms with Gasteiger partial charge in [0.25, 0.3) is 0 Å². The van der Waals surface area contributed by atoms with E-state index in [4.69, 9.17) is 11.6 Å². The molecule has 0 aliphatic rings. The van der Waals surface area contributed by atoms with Crippen molar-refractivity contribution in [1.82, 2.24) is 15.3 Å². The number of hydrogen-bond acceptors (Lipinski definition) is 2. The smallest absolute Gasteiger partial charge is 0.346 e. The average Bonchev–Trinajstić information content (AvgIpc) is 3.22. The molecule has 0 radical (unpaired) electrons. The minimum atomic E-state index is -4.60. The number of rotatable bonds is 5. The van der Waals surface area contributed by atoms with Crippen LogP contribution in [0, 0.1) is 0 Å². The van der Waals surface area contributed by atoms with Crippen molar-refractivity contribution in [1.29, 1.82) is 0 Å². The SMILES string of the molecule is O=C(NCCc1cccc(-c2cnc3[nH]ccc3c2)c1)Nc1ccc(Cl)c(C(F)(F)F)c1. The normalized spacial score (nSPS) is 11.5. The van der Waals surface area contributed by atoms with Crippen LogP contribution in [0.3, 0.4) is 0 Å². The van der Waals surface area contributed by atoms with Crippen LogP contribution in [0.4, 0.5) is 23.7 Å². The van der Waals surface area contributed by atoms with Crippen LogP contribution >= 0.6 is 11.6 Å². The van der Waals surface area contributed by atoms with Crippen LogP contribution in [0.2, 0.25) is 5.02 Å². The molecule has 2 amide bonds. The Morgan fingerprint density at radius 3 is 2.72 bits per heavy atom. The maximum Gasteiger partial charge on any atom is 0.417 e. The third kappa shape index (κ3) is 5.03. The zero-order valence-electron chi connectivity index (χ0n) is 16.6. The molecule has 0 unspecified atom stereocenters. The van der Waals surface area contributed by atoms with E-state index in [1.54, 1.807) is 6.20 Å². The van der Waals surface area contributed by atoms with E-state index < -0.39 is 22.8 Å². The van der Waals surface area contributed by atoms with Crippen molar-refractivity contribution in [3.63, 3.8) is 0 Å². The molecule has 4 rings (SSSR count). The summed E-state index contributed by atoms with van der Waals surface area (Å²) < 4.78 is 38.9. The van der Waals surface area contributed by atoms with Gasteiger partial charge in [-0.15, -0.1) is 0 Å². The first-order valence-electron chi connectivity index (χ1n) is 9.74. The third-order valence-corrected chi connectivity index (χ3v) is 5.22. The summed E-state index contributed by atoms with van der Waals surface area (Å²) in [4.78, 5) is 19.5. The minimum Gasteiger partial charge on any atom is -0.346 e. The van der Waals surface area contributed by atoms with Crippen molar-refractivity contribution in [2.75, 3.05) is 11.9 Å². The molecule has 0 spiro atoms. The van der Waals surface area contributed by atoms with E-state index in [-0.39, 0.29) is 5.69 Å². The zero-order valence-corrected chi connectivity index (χ0v) is 17.4. The van der Waals surface area contributed by atoms with Gasteiger partial charge in [0.2, 0.25) is 0 Å². The molecule has 2 aromatic carbocycles. The van der Waals surface area contributed by atoms with Crippen LogP contribution in [0.5, 0.6) is 0 Å². The lowest BCUT2D eigenvalue weighted by atomic mass is 10.0. The lowest BCUT2D eigenvalue weighted by molar-refractivity contribution is -0.137. The lowest BCUT2D eigenvalue weighted by Gasteiger charge is -2.12. The molecule has 0 aliphatic carbocycles. The van der Waals surface area contributed by atoms with Crippen molar-refractivity contribution in [3.05, 3.63) is 83.1 Å². The van der Waals surface area contributed by atoms with Gasteiger partial charge in [-0.05, 0) is 47.9 Å². The molecule has 2 aromatic heterocycles. The summed E-state index contributed by atoms with van der Waals surface area (Å²) in [6.45, 7) is 0.310. The van der Waals surface area contributed by atoms with E-state index >= 15 is 0 Å². The summed E-state index contributed by atoms with van der Waals surface area (Å²) in [5.41, 5.74) is 2.82. The van der Waals surface area contributed by atoms with Gasteiger partial charge in [-0.25, -0.2) is 9.78 Å². The highest BCUT2D eigenvalue weighted by molar-refractivity contribution is 6.31. The van der Waals surface area contributed by atoms with E-state index in [0.717, 1.165) is 39.9 Å². The van der Waals surface area contributed by atoms with Crippen molar-refractivity contribution in [3.8, 4) is 11.1 Å². The van der Waals surface area contributed by atoms with Crippen LogP contribution in [-0.2, 0) is 12.6 Å². The number of pyridine rings is 1. The van der Waals surface area contributed by atoms with E-state index in [1.807, 2.05) is 42.6 Å². The molecule has 0 saturated carbocycles. The average molecular weight is 459 g/mol. The number of alkyl halides is 3.